The summed E-state index contributed by atoms with van der Waals surface area (Å²) in [6.45, 7) is 0. The molecule has 0 nitrogen and oxygen atoms in total. The van der Waals surface area contributed by atoms with E-state index in [0.29, 0.717) is 0 Å². The van der Waals surface area contributed by atoms with Crippen molar-refractivity contribution in [3.8, 4) is 0 Å². The van der Waals surface area contributed by atoms with Gasteiger partial charge < -0.3 is 0 Å². The van der Waals surface area contributed by atoms with Crippen LogP contribution in [0.15, 0.2) is 87.5 Å². The van der Waals surface area contributed by atoms with Crippen molar-refractivity contribution in [3.05, 3.63) is 89.7 Å². The zero-order valence-electron chi connectivity index (χ0n) is 14.1. The Morgan fingerprint density at radius 2 is 1.00 bits per heavy atom. The van der Waals surface area contributed by atoms with E-state index in [9.17, 15) is 29.6 Å². The van der Waals surface area contributed by atoms with E-state index in [0.717, 1.165) is 6.42 Å². The number of halogens is 7. The molecule has 1 aliphatic heterocycles. The fraction of sp³-hybridized carbons (Fsp3) is 0.0526. The third kappa shape index (κ3) is 5.97. The Morgan fingerprint density at radius 1 is 0.607 bits per heavy atom. The van der Waals surface area contributed by atoms with E-state index in [1.807, 2.05) is 12.1 Å². The van der Waals surface area contributed by atoms with Crippen molar-refractivity contribution in [2.75, 3.05) is 0 Å². The second-order valence-corrected chi connectivity index (χ2v) is 9.99. The number of hydrogen-bond acceptors (Lipinski definition) is 0. The average Bonchev–Trinajstić information content (AvgIpc) is 2.58. The minimum absolute atomic E-state index is 0.133. The van der Waals surface area contributed by atoms with Gasteiger partial charge in [-0.1, -0.05) is 36.4 Å². The van der Waals surface area contributed by atoms with Crippen LogP contribution in [0.5, 0.6) is 0 Å². The summed E-state index contributed by atoms with van der Waals surface area (Å²) in [7, 11) is -10.8. The molecule has 3 aromatic carbocycles. The zero-order valence-corrected chi connectivity index (χ0v) is 15.8. The maximum atomic E-state index is 13.2. The third-order valence-corrected chi connectivity index (χ3v) is 6.24. The van der Waals surface area contributed by atoms with Gasteiger partial charge in [-0.2, -0.15) is 0 Å². The van der Waals surface area contributed by atoms with E-state index >= 15 is 0 Å². The largest absolute Gasteiger partial charge is 0.207 e. The van der Waals surface area contributed by atoms with Gasteiger partial charge in [0.15, 0.2) is 14.7 Å². The summed E-state index contributed by atoms with van der Waals surface area (Å²) >= 11 is 0. The molecule has 0 fully saturated rings. The van der Waals surface area contributed by atoms with Gasteiger partial charge in [-0.25, -0.2) is 4.39 Å². The van der Waals surface area contributed by atoms with Crippen molar-refractivity contribution >= 4 is 18.7 Å². The van der Waals surface area contributed by atoms with Gasteiger partial charge in [0.25, 0.3) is 0 Å². The third-order valence-electron chi connectivity index (χ3n) is 3.82. The molecule has 0 amide bonds. The second kappa shape index (κ2) is 6.49. The van der Waals surface area contributed by atoms with E-state index in [1.54, 1.807) is 12.1 Å². The van der Waals surface area contributed by atoms with Gasteiger partial charge in [-0.05, 0) is 36.4 Å². The molecule has 0 bridgehead atoms. The molecule has 0 spiro atoms. The molecule has 0 saturated carbocycles. The van der Waals surface area contributed by atoms with Gasteiger partial charge in [-0.3, -0.25) is 0 Å². The molecule has 0 radical (unpaired) electrons. The Balaban J connectivity index is 0.000000279. The fourth-order valence-corrected chi connectivity index (χ4v) is 5.23. The Hall–Kier alpha value is -2.05. The van der Waals surface area contributed by atoms with Crippen molar-refractivity contribution in [3.63, 3.8) is 0 Å². The smallest absolute Gasteiger partial charge is 0.170 e. The van der Waals surface area contributed by atoms with Crippen molar-refractivity contribution in [1.29, 1.82) is 0 Å². The Kier molecular flexibility index (Phi) is 4.79. The molecule has 150 valence electrons. The monoisotopic (exact) mass is 438 g/mol. The first-order valence-electron chi connectivity index (χ1n) is 8.00. The van der Waals surface area contributed by atoms with Crippen molar-refractivity contribution < 1.29 is 29.6 Å². The van der Waals surface area contributed by atoms with Crippen LogP contribution in [0.1, 0.15) is 11.1 Å². The van der Waals surface area contributed by atoms with E-state index in [-0.39, 0.29) is 16.7 Å². The molecule has 28 heavy (non-hydrogen) atoms. The van der Waals surface area contributed by atoms with Crippen LogP contribution < -0.4 is 0 Å². The van der Waals surface area contributed by atoms with Gasteiger partial charge in [0.2, 0.25) is 0 Å². The molecule has 9 heteroatoms. The van der Waals surface area contributed by atoms with Crippen LogP contribution in [0.4, 0.5) is 29.6 Å². The number of fused-ring (bicyclic) bond motifs is 2. The minimum Gasteiger partial charge on any atom is -0.207 e. The first-order valence-corrected chi connectivity index (χ1v) is 11.3. The Labute approximate surface area is 159 Å². The molecule has 0 aromatic heterocycles. The Bertz CT molecular complexity index is 942. The van der Waals surface area contributed by atoms with Crippen molar-refractivity contribution in [2.24, 2.45) is 0 Å². The van der Waals surface area contributed by atoms with Gasteiger partial charge in [0.1, 0.15) is 5.82 Å². The minimum atomic E-state index is -10.7. The maximum absolute atomic E-state index is 13.2. The topological polar surface area (TPSA) is 0 Å². The van der Waals surface area contributed by atoms with Gasteiger partial charge in [-0.15, -0.1) is 0 Å². The predicted molar refractivity (Wildman–Crippen MR) is 97.8 cm³/mol. The molecule has 4 rings (SSSR count). The van der Waals surface area contributed by atoms with Crippen LogP contribution in [0.25, 0.3) is 0 Å². The summed E-state index contributed by atoms with van der Waals surface area (Å²) in [5, 5.41) is 0. The summed E-state index contributed by atoms with van der Waals surface area (Å²) in [6.07, 6.45) is 0.983. The van der Waals surface area contributed by atoms with Crippen LogP contribution in [0.2, 0.25) is 0 Å². The van der Waals surface area contributed by atoms with E-state index in [2.05, 4.69) is 48.5 Å². The standard InChI is InChI=1S/C19H14FS.F6P/c20-16-9-11-17(12-10-16)21-18-7-3-1-5-14(18)13-15-6-2-4-8-19(15)21;1-7(2,3,4,5)6/h1-12H,13H2;/q+1;-1. The molecule has 0 N–H and O–H groups in total. The number of hydrogen-bond donors (Lipinski definition) is 0. The molecule has 0 atom stereocenters. The quantitative estimate of drug-likeness (QED) is 0.160. The molecule has 0 unspecified atom stereocenters. The Morgan fingerprint density at radius 3 is 1.43 bits per heavy atom. The van der Waals surface area contributed by atoms with Crippen LogP contribution in [-0.2, 0) is 17.3 Å². The first-order chi connectivity index (χ1) is 12.8. The molecule has 0 saturated heterocycles. The summed E-state index contributed by atoms with van der Waals surface area (Å²) in [6, 6.07) is 24.1. The van der Waals surface area contributed by atoms with Crippen LogP contribution in [-0.4, -0.2) is 0 Å². The number of benzene rings is 3. The predicted octanol–water partition coefficient (Wildman–Crippen LogP) is 8.21. The van der Waals surface area contributed by atoms with Crippen LogP contribution in [0.3, 0.4) is 0 Å². The molecule has 3 aromatic rings. The molecular weight excluding hydrogens is 424 g/mol. The summed E-state index contributed by atoms with van der Waals surface area (Å²) < 4.78 is 72.4. The molecule has 1 heterocycles. The summed E-state index contributed by atoms with van der Waals surface area (Å²) in [5.41, 5.74) is 2.76. The maximum Gasteiger partial charge on any atom is 0.170 e. The van der Waals surface area contributed by atoms with Gasteiger partial charge in [0.05, 0.1) is 10.9 Å². The molecule has 0 aliphatic carbocycles. The van der Waals surface area contributed by atoms with Crippen molar-refractivity contribution in [1.82, 2.24) is 0 Å². The SMILES string of the molecule is F[P-](F)(F)(F)(F)F.Fc1ccc([S+]2c3ccccc3Cc3ccccc32)cc1. The number of rotatable bonds is 1. The first kappa shape index (κ1) is 20.7. The fourth-order valence-electron chi connectivity index (χ4n) is 2.85. The average molecular weight is 438 g/mol. The van der Waals surface area contributed by atoms with Crippen molar-refractivity contribution in [2.45, 2.75) is 21.1 Å². The van der Waals surface area contributed by atoms with Crippen LogP contribution in [0, 0.1) is 5.82 Å². The molecule has 1 aliphatic rings. The molecular formula is C19H14F7PS. The normalized spacial score (nSPS) is 16.0. The summed E-state index contributed by atoms with van der Waals surface area (Å²) in [5.74, 6) is -0.180. The van der Waals surface area contributed by atoms with Crippen LogP contribution >= 0.6 is 7.81 Å². The zero-order chi connectivity index (χ0) is 20.6. The van der Waals surface area contributed by atoms with E-state index in [4.69, 9.17) is 0 Å². The van der Waals surface area contributed by atoms with E-state index < -0.39 is 7.81 Å². The van der Waals surface area contributed by atoms with E-state index in [1.165, 1.54) is 25.8 Å². The summed E-state index contributed by atoms with van der Waals surface area (Å²) in [4.78, 5) is 3.90. The van der Waals surface area contributed by atoms with Gasteiger partial charge >= 0.3 is 33.0 Å². The van der Waals surface area contributed by atoms with Gasteiger partial charge in [0, 0.05) is 17.5 Å². The second-order valence-electron chi connectivity index (χ2n) is 6.11.